The molecule has 2 aromatic carbocycles. The SMILES string of the molecule is O=C(COCc1ccccc1)N1CCCN(C(=O)CN2CCc3sccc3[C@H]2c2ccccc2)CC1. The summed E-state index contributed by atoms with van der Waals surface area (Å²) >= 11 is 1.81. The van der Waals surface area contributed by atoms with Crippen LogP contribution in [0.5, 0.6) is 0 Å². The van der Waals surface area contributed by atoms with Gasteiger partial charge in [-0.1, -0.05) is 60.7 Å². The van der Waals surface area contributed by atoms with Crippen LogP contribution in [0.3, 0.4) is 0 Å². The largest absolute Gasteiger partial charge is 0.367 e. The van der Waals surface area contributed by atoms with Crippen LogP contribution in [0, 0.1) is 0 Å². The van der Waals surface area contributed by atoms with Gasteiger partial charge < -0.3 is 14.5 Å². The van der Waals surface area contributed by atoms with Crippen molar-refractivity contribution in [2.24, 2.45) is 0 Å². The Hall–Kier alpha value is -3.00. The Balaban J connectivity index is 1.16. The fourth-order valence-corrected chi connectivity index (χ4v) is 6.08. The lowest BCUT2D eigenvalue weighted by atomic mass is 9.93. The average Bonchev–Trinajstić information content (AvgIpc) is 3.25. The molecule has 6 nitrogen and oxygen atoms in total. The molecule has 188 valence electrons. The number of rotatable bonds is 7. The van der Waals surface area contributed by atoms with Crippen molar-refractivity contribution >= 4 is 23.2 Å². The molecule has 1 aromatic heterocycles. The molecule has 0 aliphatic carbocycles. The van der Waals surface area contributed by atoms with E-state index in [1.54, 1.807) is 0 Å². The van der Waals surface area contributed by atoms with E-state index in [0.29, 0.717) is 39.3 Å². The molecule has 0 bridgehead atoms. The molecular formula is C29H33N3O3S. The standard InChI is InChI=1S/C29H33N3O3S/c33-27(20-32-16-12-26-25(13-19-36-26)29(32)24-10-5-2-6-11-24)30-14-7-15-31(18-17-30)28(34)22-35-21-23-8-3-1-4-9-23/h1-6,8-11,13,19,29H,7,12,14-18,20-22H2/t29-/m1/s1. The fourth-order valence-electron chi connectivity index (χ4n) is 5.18. The number of amides is 2. The van der Waals surface area contributed by atoms with Gasteiger partial charge in [-0.3, -0.25) is 14.5 Å². The molecule has 0 spiro atoms. The second-order valence-corrected chi connectivity index (χ2v) is 10.4. The van der Waals surface area contributed by atoms with Gasteiger partial charge in [-0.25, -0.2) is 0 Å². The van der Waals surface area contributed by atoms with Gasteiger partial charge in [0.25, 0.3) is 0 Å². The van der Waals surface area contributed by atoms with Gasteiger partial charge in [-0.15, -0.1) is 11.3 Å². The number of hydrogen-bond acceptors (Lipinski definition) is 5. The molecule has 0 N–H and O–H groups in total. The number of nitrogens with zero attached hydrogens (tertiary/aromatic N) is 3. The molecule has 1 atom stereocenters. The molecule has 0 unspecified atom stereocenters. The van der Waals surface area contributed by atoms with Gasteiger partial charge in [-0.2, -0.15) is 0 Å². The van der Waals surface area contributed by atoms with Crippen LogP contribution in [-0.2, 0) is 27.4 Å². The van der Waals surface area contributed by atoms with Crippen molar-refractivity contribution < 1.29 is 14.3 Å². The van der Waals surface area contributed by atoms with E-state index in [2.05, 4.69) is 40.6 Å². The van der Waals surface area contributed by atoms with E-state index in [4.69, 9.17) is 4.74 Å². The predicted octanol–water partition coefficient (Wildman–Crippen LogP) is 3.97. The van der Waals surface area contributed by atoms with E-state index < -0.39 is 0 Å². The predicted molar refractivity (Wildman–Crippen MR) is 142 cm³/mol. The van der Waals surface area contributed by atoms with Crippen LogP contribution in [-0.4, -0.2) is 72.4 Å². The maximum Gasteiger partial charge on any atom is 0.248 e. The molecule has 1 saturated heterocycles. The highest BCUT2D eigenvalue weighted by Gasteiger charge is 2.32. The summed E-state index contributed by atoms with van der Waals surface area (Å²) in [5.41, 5.74) is 3.61. The second kappa shape index (κ2) is 11.8. The summed E-state index contributed by atoms with van der Waals surface area (Å²) in [5.74, 6) is 0.134. The molecule has 5 rings (SSSR count). The van der Waals surface area contributed by atoms with Crippen LogP contribution in [0.25, 0.3) is 0 Å². The first-order chi connectivity index (χ1) is 17.7. The van der Waals surface area contributed by atoms with Gasteiger partial charge in [-0.05, 0) is 41.0 Å². The van der Waals surface area contributed by atoms with E-state index in [1.807, 2.05) is 57.5 Å². The van der Waals surface area contributed by atoms with Gasteiger partial charge in [0.2, 0.25) is 11.8 Å². The Morgan fingerprint density at radius 1 is 0.833 bits per heavy atom. The zero-order valence-corrected chi connectivity index (χ0v) is 21.4. The molecule has 36 heavy (non-hydrogen) atoms. The first-order valence-electron chi connectivity index (χ1n) is 12.7. The quantitative estimate of drug-likeness (QED) is 0.490. The Morgan fingerprint density at radius 3 is 2.28 bits per heavy atom. The highest BCUT2D eigenvalue weighted by Crippen LogP contribution is 2.37. The minimum atomic E-state index is -0.00890. The minimum absolute atomic E-state index is 0.00890. The highest BCUT2D eigenvalue weighted by molar-refractivity contribution is 7.10. The van der Waals surface area contributed by atoms with Gasteiger partial charge >= 0.3 is 0 Å². The Bertz CT molecular complexity index is 1150. The molecule has 3 aromatic rings. The van der Waals surface area contributed by atoms with E-state index in [0.717, 1.165) is 24.9 Å². The van der Waals surface area contributed by atoms with E-state index >= 15 is 0 Å². The number of hydrogen-bond donors (Lipinski definition) is 0. The monoisotopic (exact) mass is 503 g/mol. The van der Waals surface area contributed by atoms with Crippen LogP contribution >= 0.6 is 11.3 Å². The Labute approximate surface area is 217 Å². The van der Waals surface area contributed by atoms with Crippen LogP contribution in [0.2, 0.25) is 0 Å². The summed E-state index contributed by atoms with van der Waals surface area (Å²) in [4.78, 5) is 33.6. The van der Waals surface area contributed by atoms with Crippen LogP contribution in [0.1, 0.15) is 34.0 Å². The zero-order valence-electron chi connectivity index (χ0n) is 20.6. The maximum atomic E-state index is 13.4. The lowest BCUT2D eigenvalue weighted by Crippen LogP contribution is -2.45. The molecule has 7 heteroatoms. The summed E-state index contributed by atoms with van der Waals surface area (Å²) in [6.45, 7) is 4.21. The smallest absolute Gasteiger partial charge is 0.248 e. The van der Waals surface area contributed by atoms with Crippen molar-refractivity contribution in [1.29, 1.82) is 0 Å². The number of carbonyl (C=O) groups is 2. The third-order valence-electron chi connectivity index (χ3n) is 7.06. The third kappa shape index (κ3) is 5.86. The Morgan fingerprint density at radius 2 is 1.53 bits per heavy atom. The van der Waals surface area contributed by atoms with E-state index in [-0.39, 0.29) is 24.5 Å². The lowest BCUT2D eigenvalue weighted by molar-refractivity contribution is -0.137. The molecule has 0 saturated carbocycles. The summed E-state index contributed by atoms with van der Waals surface area (Å²) in [7, 11) is 0. The summed E-state index contributed by atoms with van der Waals surface area (Å²) < 4.78 is 5.65. The maximum absolute atomic E-state index is 13.4. The normalized spacial score (nSPS) is 18.5. The number of carbonyl (C=O) groups excluding carboxylic acids is 2. The number of fused-ring (bicyclic) bond motifs is 1. The molecular weight excluding hydrogens is 470 g/mol. The molecule has 1 fully saturated rings. The van der Waals surface area contributed by atoms with Gasteiger partial charge in [0, 0.05) is 37.6 Å². The summed E-state index contributed by atoms with van der Waals surface area (Å²) in [6, 6.07) is 22.7. The zero-order chi connectivity index (χ0) is 24.7. The molecule has 2 aliphatic rings. The lowest BCUT2D eigenvalue weighted by Gasteiger charge is -2.37. The Kier molecular flexibility index (Phi) is 8.11. The number of benzene rings is 2. The van der Waals surface area contributed by atoms with Crippen molar-refractivity contribution in [2.45, 2.75) is 25.5 Å². The van der Waals surface area contributed by atoms with Crippen molar-refractivity contribution in [3.8, 4) is 0 Å². The average molecular weight is 504 g/mol. The van der Waals surface area contributed by atoms with Crippen LogP contribution in [0.4, 0.5) is 0 Å². The van der Waals surface area contributed by atoms with Crippen LogP contribution < -0.4 is 0 Å². The van der Waals surface area contributed by atoms with Crippen molar-refractivity contribution in [2.75, 3.05) is 45.9 Å². The highest BCUT2D eigenvalue weighted by atomic mass is 32.1. The minimum Gasteiger partial charge on any atom is -0.367 e. The number of thiophene rings is 1. The van der Waals surface area contributed by atoms with Crippen molar-refractivity contribution in [3.63, 3.8) is 0 Å². The summed E-state index contributed by atoms with van der Waals surface area (Å²) in [5, 5.41) is 2.16. The van der Waals surface area contributed by atoms with Crippen molar-refractivity contribution in [3.05, 3.63) is 93.7 Å². The molecule has 2 aliphatic heterocycles. The summed E-state index contributed by atoms with van der Waals surface area (Å²) in [6.07, 6.45) is 1.77. The number of ether oxygens (including phenoxy) is 1. The van der Waals surface area contributed by atoms with Crippen molar-refractivity contribution in [1.82, 2.24) is 14.7 Å². The molecule has 2 amide bonds. The van der Waals surface area contributed by atoms with E-state index in [1.165, 1.54) is 16.0 Å². The topological polar surface area (TPSA) is 53.1 Å². The van der Waals surface area contributed by atoms with Gasteiger partial charge in [0.05, 0.1) is 19.2 Å². The molecule has 0 radical (unpaired) electrons. The first kappa shape index (κ1) is 24.7. The van der Waals surface area contributed by atoms with Gasteiger partial charge in [0.15, 0.2) is 0 Å². The van der Waals surface area contributed by atoms with Crippen LogP contribution in [0.15, 0.2) is 72.1 Å². The van der Waals surface area contributed by atoms with Gasteiger partial charge in [0.1, 0.15) is 6.61 Å². The first-order valence-corrected chi connectivity index (χ1v) is 13.6. The fraction of sp³-hybridized carbons (Fsp3) is 0.379. The third-order valence-corrected chi connectivity index (χ3v) is 8.05. The molecule has 3 heterocycles. The van der Waals surface area contributed by atoms with E-state index in [9.17, 15) is 9.59 Å². The second-order valence-electron chi connectivity index (χ2n) is 9.43.